The number of nitrogens with one attached hydrogen (secondary N) is 1. The van der Waals surface area contributed by atoms with Gasteiger partial charge in [0.15, 0.2) is 17.2 Å². The standard InChI is InChI=1S/C26H27F3N8O5/c1-3-16-11-17(5-6-18(16)25(40)37(4-2)42-10-7-30)33-23-24-32-12-20(36(24)9-8-31-23)19-13-35(14-21(39)41-15-38)34-22(19)26(27,28)29/h5-6,8-9,11-13,15H,3-4,7,10,14,30H2,1-2H3,(H,31,33). The zero-order valence-electron chi connectivity index (χ0n) is 22.6. The van der Waals surface area contributed by atoms with Gasteiger partial charge in [-0.1, -0.05) is 6.92 Å². The van der Waals surface area contributed by atoms with Gasteiger partial charge in [-0.3, -0.25) is 23.5 Å². The van der Waals surface area contributed by atoms with E-state index < -0.39 is 24.4 Å². The molecule has 42 heavy (non-hydrogen) atoms. The van der Waals surface area contributed by atoms with Crippen molar-refractivity contribution in [3.63, 3.8) is 0 Å². The first-order valence-corrected chi connectivity index (χ1v) is 12.8. The summed E-state index contributed by atoms with van der Waals surface area (Å²) >= 11 is 0. The third-order valence-electron chi connectivity index (χ3n) is 6.06. The number of alkyl halides is 3. The third kappa shape index (κ3) is 6.39. The number of nitrogens with two attached hydrogens (primary N) is 1. The lowest BCUT2D eigenvalue weighted by Gasteiger charge is -2.21. The SMILES string of the molecule is CCc1cc(Nc2nccn3c(-c4cn(CC(=O)OC=O)nc4C(F)(F)F)cnc23)ccc1C(=O)N(CC)OCCN. The number of esters is 1. The minimum Gasteiger partial charge on any atom is -0.394 e. The second-order valence-electron chi connectivity index (χ2n) is 8.76. The summed E-state index contributed by atoms with van der Waals surface area (Å²) in [4.78, 5) is 49.0. The lowest BCUT2D eigenvalue weighted by molar-refractivity contribution is -0.152. The van der Waals surface area contributed by atoms with E-state index in [4.69, 9.17) is 10.6 Å². The van der Waals surface area contributed by atoms with Crippen LogP contribution in [0.25, 0.3) is 16.9 Å². The molecule has 1 amide bonds. The van der Waals surface area contributed by atoms with Crippen molar-refractivity contribution in [1.29, 1.82) is 0 Å². The number of hydrogen-bond acceptors (Lipinski definition) is 10. The molecular weight excluding hydrogens is 561 g/mol. The van der Waals surface area contributed by atoms with E-state index in [1.54, 1.807) is 25.1 Å². The summed E-state index contributed by atoms with van der Waals surface area (Å²) < 4.78 is 47.9. The zero-order chi connectivity index (χ0) is 30.4. The molecule has 0 aliphatic rings. The van der Waals surface area contributed by atoms with E-state index in [0.717, 1.165) is 16.4 Å². The van der Waals surface area contributed by atoms with Crippen LogP contribution in [-0.4, -0.2) is 67.3 Å². The molecule has 3 N–H and O–H groups in total. The number of nitrogens with zero attached hydrogens (tertiary/aromatic N) is 6. The van der Waals surface area contributed by atoms with Crippen molar-refractivity contribution in [3.05, 3.63) is 59.8 Å². The molecule has 0 saturated carbocycles. The lowest BCUT2D eigenvalue weighted by Crippen LogP contribution is -2.33. The average molecular weight is 589 g/mol. The molecule has 3 aromatic heterocycles. The Morgan fingerprint density at radius 3 is 2.67 bits per heavy atom. The highest BCUT2D eigenvalue weighted by Gasteiger charge is 2.38. The van der Waals surface area contributed by atoms with E-state index in [9.17, 15) is 27.6 Å². The van der Waals surface area contributed by atoms with E-state index >= 15 is 0 Å². The maximum absolute atomic E-state index is 13.9. The Balaban J connectivity index is 1.67. The van der Waals surface area contributed by atoms with Gasteiger partial charge in [0.25, 0.3) is 5.91 Å². The average Bonchev–Trinajstić information content (AvgIpc) is 3.58. The first-order valence-electron chi connectivity index (χ1n) is 12.8. The summed E-state index contributed by atoms with van der Waals surface area (Å²) in [5.74, 6) is -1.15. The molecule has 4 rings (SSSR count). The topological polar surface area (TPSA) is 159 Å². The van der Waals surface area contributed by atoms with Crippen LogP contribution in [0, 0.1) is 0 Å². The monoisotopic (exact) mass is 588 g/mol. The Kier molecular flexibility index (Phi) is 9.17. The van der Waals surface area contributed by atoms with Crippen molar-refractivity contribution in [2.75, 3.05) is 25.0 Å². The smallest absolute Gasteiger partial charge is 0.394 e. The maximum Gasteiger partial charge on any atom is 0.435 e. The van der Waals surface area contributed by atoms with Gasteiger partial charge in [0.2, 0.25) is 0 Å². The Hall–Kier alpha value is -4.83. The number of aromatic nitrogens is 5. The quantitative estimate of drug-likeness (QED) is 0.109. The highest BCUT2D eigenvalue weighted by molar-refractivity contribution is 5.95. The number of rotatable bonds is 12. The Labute approximate surface area is 237 Å². The van der Waals surface area contributed by atoms with Crippen LogP contribution in [0.5, 0.6) is 0 Å². The van der Waals surface area contributed by atoms with Gasteiger partial charge in [0, 0.05) is 42.9 Å². The highest BCUT2D eigenvalue weighted by atomic mass is 19.4. The molecule has 0 spiro atoms. The van der Waals surface area contributed by atoms with Gasteiger partial charge in [-0.15, -0.1) is 0 Å². The number of hydroxylamine groups is 2. The number of benzene rings is 1. The van der Waals surface area contributed by atoms with E-state index in [-0.39, 0.29) is 48.3 Å². The summed E-state index contributed by atoms with van der Waals surface area (Å²) in [6, 6.07) is 5.08. The summed E-state index contributed by atoms with van der Waals surface area (Å²) in [5.41, 5.74) is 5.87. The number of amides is 1. The molecule has 0 saturated heterocycles. The van der Waals surface area contributed by atoms with Crippen LogP contribution in [-0.2, 0) is 38.3 Å². The lowest BCUT2D eigenvalue weighted by atomic mass is 10.0. The molecule has 0 bridgehead atoms. The molecule has 0 atom stereocenters. The van der Waals surface area contributed by atoms with Crippen LogP contribution < -0.4 is 11.1 Å². The predicted octanol–water partition coefficient (Wildman–Crippen LogP) is 2.97. The molecule has 13 nitrogen and oxygen atoms in total. The number of aryl methyl sites for hydroxylation is 1. The Morgan fingerprint density at radius 2 is 2.00 bits per heavy atom. The number of imidazole rings is 1. The largest absolute Gasteiger partial charge is 0.435 e. The van der Waals surface area contributed by atoms with Gasteiger partial charge in [0.05, 0.1) is 24.1 Å². The van der Waals surface area contributed by atoms with Gasteiger partial charge in [-0.2, -0.15) is 18.3 Å². The molecule has 0 aliphatic heterocycles. The fourth-order valence-electron chi connectivity index (χ4n) is 4.23. The molecular formula is C26H27F3N8O5. The molecule has 4 aromatic rings. The summed E-state index contributed by atoms with van der Waals surface area (Å²) in [6.45, 7) is 3.64. The minimum atomic E-state index is -4.86. The van der Waals surface area contributed by atoms with Crippen LogP contribution in [0.15, 0.2) is 43.0 Å². The molecule has 16 heteroatoms. The van der Waals surface area contributed by atoms with E-state index in [2.05, 4.69) is 25.1 Å². The summed E-state index contributed by atoms with van der Waals surface area (Å²) in [6.07, 6.45) is 0.730. The second kappa shape index (κ2) is 12.8. The Bertz CT molecular complexity index is 1600. The van der Waals surface area contributed by atoms with Crippen LogP contribution in [0.2, 0.25) is 0 Å². The molecule has 0 unspecified atom stereocenters. The molecule has 222 valence electrons. The molecule has 1 aromatic carbocycles. The van der Waals surface area contributed by atoms with Crippen LogP contribution in [0.4, 0.5) is 24.7 Å². The van der Waals surface area contributed by atoms with Crippen LogP contribution in [0.3, 0.4) is 0 Å². The molecule has 0 fully saturated rings. The van der Waals surface area contributed by atoms with Crippen molar-refractivity contribution >= 4 is 35.5 Å². The van der Waals surface area contributed by atoms with Crippen molar-refractivity contribution in [2.45, 2.75) is 33.0 Å². The van der Waals surface area contributed by atoms with Gasteiger partial charge in [-0.05, 0) is 37.1 Å². The van der Waals surface area contributed by atoms with Crippen LogP contribution >= 0.6 is 0 Å². The first kappa shape index (κ1) is 30.1. The van der Waals surface area contributed by atoms with Gasteiger partial charge in [0.1, 0.15) is 6.54 Å². The number of carbonyl (C=O) groups excluding carboxylic acids is 3. The number of anilines is 2. The first-order chi connectivity index (χ1) is 20.1. The number of ether oxygens (including phenoxy) is 1. The van der Waals surface area contributed by atoms with Crippen molar-refractivity contribution in [1.82, 2.24) is 29.2 Å². The predicted molar refractivity (Wildman–Crippen MR) is 142 cm³/mol. The van der Waals surface area contributed by atoms with Crippen molar-refractivity contribution in [2.24, 2.45) is 5.73 Å². The normalized spacial score (nSPS) is 11.5. The summed E-state index contributed by atoms with van der Waals surface area (Å²) in [5, 5.41) is 7.85. The maximum atomic E-state index is 13.9. The fraction of sp³-hybridized carbons (Fsp3) is 0.308. The highest BCUT2D eigenvalue weighted by Crippen LogP contribution is 2.37. The van der Waals surface area contributed by atoms with Gasteiger partial charge < -0.3 is 15.8 Å². The molecule has 0 aliphatic carbocycles. The minimum absolute atomic E-state index is 0.0325. The zero-order valence-corrected chi connectivity index (χ0v) is 22.6. The third-order valence-corrected chi connectivity index (χ3v) is 6.06. The number of hydrogen-bond donors (Lipinski definition) is 2. The van der Waals surface area contributed by atoms with E-state index in [1.165, 1.54) is 28.1 Å². The number of halogens is 3. The second-order valence-corrected chi connectivity index (χ2v) is 8.76. The summed E-state index contributed by atoms with van der Waals surface area (Å²) in [7, 11) is 0. The number of fused-ring (bicyclic) bond motifs is 1. The van der Waals surface area contributed by atoms with Crippen molar-refractivity contribution < 1.29 is 37.1 Å². The molecule has 0 radical (unpaired) electrons. The van der Waals surface area contributed by atoms with E-state index in [1.807, 2.05) is 6.92 Å². The van der Waals surface area contributed by atoms with Gasteiger partial charge in [-0.25, -0.2) is 19.8 Å². The number of carbonyl (C=O) groups is 3. The Morgan fingerprint density at radius 1 is 1.21 bits per heavy atom. The molecule has 3 heterocycles. The van der Waals surface area contributed by atoms with Gasteiger partial charge >= 0.3 is 18.6 Å². The fourth-order valence-corrected chi connectivity index (χ4v) is 4.23. The van der Waals surface area contributed by atoms with E-state index in [0.29, 0.717) is 24.2 Å². The van der Waals surface area contributed by atoms with Crippen molar-refractivity contribution in [3.8, 4) is 11.3 Å². The van der Waals surface area contributed by atoms with Crippen LogP contribution in [0.1, 0.15) is 35.5 Å².